The molecular weight excluding hydrogens is 465 g/mol. The summed E-state index contributed by atoms with van der Waals surface area (Å²) in [5, 5.41) is 11.3. The van der Waals surface area contributed by atoms with Crippen molar-refractivity contribution in [1.82, 2.24) is 19.6 Å². The highest BCUT2D eigenvalue weighted by Crippen LogP contribution is 2.18. The Morgan fingerprint density at radius 2 is 1.55 bits per heavy atom. The molecule has 1 aliphatic heterocycles. The Bertz CT molecular complexity index is 753. The number of aliphatic carboxylic acids is 1. The molecule has 1 N–H and O–H groups in total. The molecule has 13 heteroatoms. The number of ether oxygens (including phenoxy) is 1. The highest BCUT2D eigenvalue weighted by molar-refractivity contribution is 9.10. The fraction of sp³-hybridized carbons (Fsp3) is 0.625. The molecular formula is C16H22BrF3N4O5. The lowest BCUT2D eigenvalue weighted by Crippen LogP contribution is -2.51. The third-order valence-electron chi connectivity index (χ3n) is 3.45. The lowest BCUT2D eigenvalue weighted by atomic mass is 10.2. The molecule has 164 valence electrons. The van der Waals surface area contributed by atoms with Gasteiger partial charge in [-0.25, -0.2) is 9.59 Å². The fourth-order valence-corrected chi connectivity index (χ4v) is 2.72. The third-order valence-corrected chi connectivity index (χ3v) is 4.03. The monoisotopic (exact) mass is 486 g/mol. The van der Waals surface area contributed by atoms with Crippen LogP contribution in [0, 0.1) is 0 Å². The Morgan fingerprint density at radius 1 is 1.10 bits per heavy atom. The van der Waals surface area contributed by atoms with E-state index in [9.17, 15) is 22.8 Å². The van der Waals surface area contributed by atoms with Crippen LogP contribution in [-0.2, 0) is 16.6 Å². The number of hydrogen-bond donors (Lipinski definition) is 1. The number of aryl methyl sites for hydroxylation is 1. The molecule has 29 heavy (non-hydrogen) atoms. The minimum atomic E-state index is -5.08. The van der Waals surface area contributed by atoms with Gasteiger partial charge in [-0.15, -0.1) is 0 Å². The number of nitrogens with zero attached hydrogens (tertiary/aromatic N) is 4. The highest BCUT2D eigenvalue weighted by Gasteiger charge is 2.38. The van der Waals surface area contributed by atoms with Gasteiger partial charge in [-0.3, -0.25) is 9.48 Å². The smallest absolute Gasteiger partial charge is 0.475 e. The van der Waals surface area contributed by atoms with E-state index in [1.165, 1.54) is 0 Å². The number of halogens is 4. The highest BCUT2D eigenvalue weighted by atomic mass is 79.9. The van der Waals surface area contributed by atoms with Crippen molar-refractivity contribution in [3.8, 4) is 0 Å². The Morgan fingerprint density at radius 3 is 1.90 bits per heavy atom. The van der Waals surface area contributed by atoms with Crippen molar-refractivity contribution in [1.29, 1.82) is 0 Å². The standard InChI is InChI=1S/C14H21BrN4O3.C2HF3O2/c1-14(2,3)22-13(21)19-7-5-18(6-8-19)12(20)11-10(15)9-17(4)16-11;3-2(4,5)1(6)7/h9H,5-8H2,1-4H3;(H,6,7). The Kier molecular flexibility index (Phi) is 8.07. The van der Waals surface area contributed by atoms with E-state index in [-0.39, 0.29) is 12.0 Å². The number of carboxylic acid groups (broad SMARTS) is 1. The largest absolute Gasteiger partial charge is 0.490 e. The average Bonchev–Trinajstić information content (AvgIpc) is 2.91. The lowest BCUT2D eigenvalue weighted by Gasteiger charge is -2.35. The van der Waals surface area contributed by atoms with Crippen LogP contribution in [0.15, 0.2) is 10.7 Å². The van der Waals surface area contributed by atoms with Crippen molar-refractivity contribution in [3.05, 3.63) is 16.4 Å². The van der Waals surface area contributed by atoms with Gasteiger partial charge in [-0.05, 0) is 36.7 Å². The van der Waals surface area contributed by atoms with Gasteiger partial charge < -0.3 is 19.6 Å². The molecule has 1 aromatic rings. The maximum absolute atomic E-state index is 12.4. The molecule has 2 amide bonds. The van der Waals surface area contributed by atoms with Gasteiger partial charge in [0.05, 0.1) is 4.47 Å². The summed E-state index contributed by atoms with van der Waals surface area (Å²) in [4.78, 5) is 36.6. The third kappa shape index (κ3) is 7.91. The second-order valence-electron chi connectivity index (χ2n) is 7.06. The number of carbonyl (C=O) groups excluding carboxylic acids is 2. The maximum atomic E-state index is 12.4. The predicted molar refractivity (Wildman–Crippen MR) is 98.3 cm³/mol. The summed E-state index contributed by atoms with van der Waals surface area (Å²) in [6.45, 7) is 7.38. The van der Waals surface area contributed by atoms with Crippen molar-refractivity contribution in [2.45, 2.75) is 32.5 Å². The van der Waals surface area contributed by atoms with Crippen LogP contribution in [0.2, 0.25) is 0 Å². The molecule has 1 fully saturated rings. The van der Waals surface area contributed by atoms with E-state index in [1.54, 1.807) is 27.7 Å². The number of amides is 2. The van der Waals surface area contributed by atoms with Crippen LogP contribution < -0.4 is 0 Å². The normalized spacial score (nSPS) is 14.8. The van der Waals surface area contributed by atoms with Crippen LogP contribution in [0.3, 0.4) is 0 Å². The fourth-order valence-electron chi connectivity index (χ4n) is 2.17. The molecule has 0 spiro atoms. The minimum absolute atomic E-state index is 0.128. The quantitative estimate of drug-likeness (QED) is 0.653. The number of alkyl halides is 3. The van der Waals surface area contributed by atoms with Crippen LogP contribution >= 0.6 is 15.9 Å². The summed E-state index contributed by atoms with van der Waals surface area (Å²) < 4.78 is 39.3. The number of rotatable bonds is 1. The molecule has 0 radical (unpaired) electrons. The molecule has 1 aromatic heterocycles. The zero-order valence-corrected chi connectivity index (χ0v) is 17.9. The number of carbonyl (C=O) groups is 3. The molecule has 1 saturated heterocycles. The maximum Gasteiger partial charge on any atom is 0.490 e. The summed E-state index contributed by atoms with van der Waals surface area (Å²) in [5.41, 5.74) is -0.115. The molecule has 1 aliphatic rings. The number of aromatic nitrogens is 2. The molecule has 0 atom stereocenters. The Hall–Kier alpha value is -2.31. The molecule has 0 saturated carbocycles. The summed E-state index contributed by atoms with van der Waals surface area (Å²) in [5.74, 6) is -2.89. The summed E-state index contributed by atoms with van der Waals surface area (Å²) in [6, 6.07) is 0. The van der Waals surface area contributed by atoms with E-state index in [0.717, 1.165) is 0 Å². The molecule has 0 bridgehead atoms. The minimum Gasteiger partial charge on any atom is -0.475 e. The van der Waals surface area contributed by atoms with Crippen LogP contribution in [0.4, 0.5) is 18.0 Å². The van der Waals surface area contributed by atoms with E-state index in [1.807, 2.05) is 20.8 Å². The molecule has 2 heterocycles. The van der Waals surface area contributed by atoms with Crippen molar-refractivity contribution in [2.75, 3.05) is 26.2 Å². The summed E-state index contributed by atoms with van der Waals surface area (Å²) in [7, 11) is 1.77. The first-order chi connectivity index (χ1) is 13.1. The zero-order chi connectivity index (χ0) is 22.6. The molecule has 0 unspecified atom stereocenters. The Balaban J connectivity index is 0.000000516. The van der Waals surface area contributed by atoms with E-state index in [0.29, 0.717) is 36.3 Å². The van der Waals surface area contributed by atoms with Crippen LogP contribution in [-0.4, -0.2) is 80.6 Å². The first-order valence-electron chi connectivity index (χ1n) is 8.38. The first-order valence-corrected chi connectivity index (χ1v) is 9.17. The van der Waals surface area contributed by atoms with Crippen LogP contribution in [0.25, 0.3) is 0 Å². The molecule has 2 rings (SSSR count). The summed E-state index contributed by atoms with van der Waals surface area (Å²) in [6.07, 6.45) is -3.68. The second kappa shape index (κ2) is 9.46. The van der Waals surface area contributed by atoms with Crippen molar-refractivity contribution in [3.63, 3.8) is 0 Å². The SMILES string of the molecule is Cn1cc(Br)c(C(=O)N2CCN(C(=O)OC(C)(C)C)CC2)n1.O=C(O)C(F)(F)F. The van der Waals surface area contributed by atoms with Gasteiger partial charge in [0.1, 0.15) is 5.60 Å². The topological polar surface area (TPSA) is 105 Å². The summed E-state index contributed by atoms with van der Waals surface area (Å²) >= 11 is 3.34. The number of piperazine rings is 1. The van der Waals surface area contributed by atoms with Gasteiger partial charge in [0.2, 0.25) is 0 Å². The van der Waals surface area contributed by atoms with Crippen molar-refractivity contribution in [2.24, 2.45) is 7.05 Å². The van der Waals surface area contributed by atoms with Gasteiger partial charge >= 0.3 is 18.2 Å². The first kappa shape index (κ1) is 24.7. The average molecular weight is 487 g/mol. The van der Waals surface area contributed by atoms with Gasteiger partial charge in [-0.2, -0.15) is 18.3 Å². The van der Waals surface area contributed by atoms with Crippen molar-refractivity contribution < 1.29 is 37.4 Å². The molecule has 0 aliphatic carbocycles. The van der Waals surface area contributed by atoms with Crippen molar-refractivity contribution >= 4 is 33.9 Å². The van der Waals surface area contributed by atoms with E-state index >= 15 is 0 Å². The van der Waals surface area contributed by atoms with Gasteiger partial charge in [0.25, 0.3) is 5.91 Å². The van der Waals surface area contributed by atoms with E-state index in [2.05, 4.69) is 21.0 Å². The van der Waals surface area contributed by atoms with Gasteiger partial charge in [-0.1, -0.05) is 0 Å². The lowest BCUT2D eigenvalue weighted by molar-refractivity contribution is -0.192. The van der Waals surface area contributed by atoms with Crippen LogP contribution in [0.1, 0.15) is 31.3 Å². The second-order valence-corrected chi connectivity index (χ2v) is 7.92. The predicted octanol–water partition coefficient (Wildman–Crippen LogP) is 2.51. The number of hydrogen-bond acceptors (Lipinski definition) is 5. The van der Waals surface area contributed by atoms with Gasteiger partial charge in [0, 0.05) is 39.4 Å². The molecule has 0 aromatic carbocycles. The zero-order valence-electron chi connectivity index (χ0n) is 16.3. The Labute approximate surface area is 173 Å². The van der Waals surface area contributed by atoms with E-state index in [4.69, 9.17) is 14.6 Å². The van der Waals surface area contributed by atoms with Gasteiger partial charge in [0.15, 0.2) is 5.69 Å². The van der Waals surface area contributed by atoms with Crippen LogP contribution in [0.5, 0.6) is 0 Å². The molecule has 9 nitrogen and oxygen atoms in total. The van der Waals surface area contributed by atoms with E-state index < -0.39 is 17.7 Å². The number of carboxylic acids is 1.